The molecule has 2 amide bonds. The Balaban J connectivity index is 1.90. The molecule has 5 heteroatoms. The lowest BCUT2D eigenvalue weighted by molar-refractivity contribution is 0.253. The molecule has 102 valence electrons. The van der Waals surface area contributed by atoms with E-state index in [0.717, 1.165) is 18.9 Å². The van der Waals surface area contributed by atoms with E-state index in [0.29, 0.717) is 12.2 Å². The number of nitrogens with zero attached hydrogens (tertiary/aromatic N) is 2. The van der Waals surface area contributed by atoms with Gasteiger partial charge in [0, 0.05) is 19.6 Å². The van der Waals surface area contributed by atoms with Gasteiger partial charge >= 0.3 is 6.03 Å². The monoisotopic (exact) mass is 260 g/mol. The van der Waals surface area contributed by atoms with Gasteiger partial charge in [0.05, 0.1) is 11.9 Å². The maximum atomic E-state index is 11.4. The quantitative estimate of drug-likeness (QED) is 0.817. The number of anilines is 2. The fourth-order valence-electron chi connectivity index (χ4n) is 2.11. The van der Waals surface area contributed by atoms with Crippen LogP contribution >= 0.6 is 0 Å². The van der Waals surface area contributed by atoms with Gasteiger partial charge in [-0.1, -0.05) is 6.08 Å². The fourth-order valence-corrected chi connectivity index (χ4v) is 2.11. The van der Waals surface area contributed by atoms with Crippen molar-refractivity contribution in [2.45, 2.75) is 19.3 Å². The van der Waals surface area contributed by atoms with E-state index in [1.54, 1.807) is 12.3 Å². The lowest BCUT2D eigenvalue weighted by Crippen LogP contribution is -2.30. The first-order chi connectivity index (χ1) is 9.29. The number of rotatable bonds is 4. The zero-order valence-corrected chi connectivity index (χ0v) is 11.1. The average molecular weight is 260 g/mol. The van der Waals surface area contributed by atoms with Gasteiger partial charge in [0.2, 0.25) is 0 Å². The molecule has 1 aromatic rings. The lowest BCUT2D eigenvalue weighted by atomic mass is 10.1. The minimum Gasteiger partial charge on any atom is -0.357 e. The largest absolute Gasteiger partial charge is 0.357 e. The average Bonchev–Trinajstić information content (AvgIpc) is 2.47. The van der Waals surface area contributed by atoms with Crippen molar-refractivity contribution < 1.29 is 4.79 Å². The summed E-state index contributed by atoms with van der Waals surface area (Å²) in [6, 6.07) is 3.59. The maximum Gasteiger partial charge on any atom is 0.319 e. The van der Waals surface area contributed by atoms with Crippen LogP contribution in [0.25, 0.3) is 0 Å². The number of amides is 2. The second-order valence-corrected chi connectivity index (χ2v) is 4.58. The van der Waals surface area contributed by atoms with Gasteiger partial charge in [0.1, 0.15) is 5.82 Å². The van der Waals surface area contributed by atoms with Crippen LogP contribution in [0.4, 0.5) is 16.3 Å². The van der Waals surface area contributed by atoms with Crippen molar-refractivity contribution in [2.75, 3.05) is 29.9 Å². The molecule has 2 heterocycles. The minimum absolute atomic E-state index is 0.243. The molecular formula is C14H20N4O. The third-order valence-corrected chi connectivity index (χ3v) is 3.09. The molecule has 1 aromatic heterocycles. The Morgan fingerprint density at radius 2 is 2.16 bits per heavy atom. The maximum absolute atomic E-state index is 11.4. The number of carbonyl (C=O) groups is 1. The Labute approximate surface area is 113 Å². The molecule has 0 aliphatic carbocycles. The first-order valence-corrected chi connectivity index (χ1v) is 6.66. The molecule has 1 fully saturated rings. The SMILES string of the molecule is C=CCNC(=O)Nc1ccc(N2CCCCC2)nc1. The van der Waals surface area contributed by atoms with E-state index in [1.807, 2.05) is 12.1 Å². The smallest absolute Gasteiger partial charge is 0.319 e. The van der Waals surface area contributed by atoms with Crippen LogP contribution in [0.2, 0.25) is 0 Å². The summed E-state index contributed by atoms with van der Waals surface area (Å²) < 4.78 is 0. The first-order valence-electron chi connectivity index (χ1n) is 6.66. The van der Waals surface area contributed by atoms with Crippen LogP contribution in [0, 0.1) is 0 Å². The summed E-state index contributed by atoms with van der Waals surface area (Å²) in [5.74, 6) is 0.983. The number of urea groups is 1. The zero-order valence-electron chi connectivity index (χ0n) is 11.1. The molecule has 0 aromatic carbocycles. The van der Waals surface area contributed by atoms with Gasteiger partial charge in [0.25, 0.3) is 0 Å². The van der Waals surface area contributed by atoms with Gasteiger partial charge in [-0.3, -0.25) is 0 Å². The molecule has 0 unspecified atom stereocenters. The van der Waals surface area contributed by atoms with Crippen LogP contribution in [-0.2, 0) is 0 Å². The summed E-state index contributed by atoms with van der Waals surface area (Å²) in [6.45, 7) is 6.13. The van der Waals surface area contributed by atoms with Crippen molar-refractivity contribution in [1.82, 2.24) is 10.3 Å². The van der Waals surface area contributed by atoms with Crippen molar-refractivity contribution in [3.63, 3.8) is 0 Å². The van der Waals surface area contributed by atoms with Crippen LogP contribution in [-0.4, -0.2) is 30.6 Å². The molecule has 2 rings (SSSR count). The molecule has 19 heavy (non-hydrogen) atoms. The number of hydrogen-bond donors (Lipinski definition) is 2. The number of pyridine rings is 1. The molecule has 5 nitrogen and oxygen atoms in total. The fraction of sp³-hybridized carbons (Fsp3) is 0.429. The summed E-state index contributed by atoms with van der Waals surface area (Å²) in [5, 5.41) is 5.38. The zero-order chi connectivity index (χ0) is 13.5. The highest BCUT2D eigenvalue weighted by molar-refractivity contribution is 5.89. The van der Waals surface area contributed by atoms with E-state index >= 15 is 0 Å². The second kappa shape index (κ2) is 6.78. The third-order valence-electron chi connectivity index (χ3n) is 3.09. The number of hydrogen-bond acceptors (Lipinski definition) is 3. The van der Waals surface area contributed by atoms with Gasteiger partial charge in [-0.25, -0.2) is 9.78 Å². The minimum atomic E-state index is -0.243. The molecular weight excluding hydrogens is 240 g/mol. The van der Waals surface area contributed by atoms with Gasteiger partial charge in [-0.15, -0.1) is 6.58 Å². The Kier molecular flexibility index (Phi) is 4.78. The van der Waals surface area contributed by atoms with Gasteiger partial charge in [-0.05, 0) is 31.4 Å². The Hall–Kier alpha value is -2.04. The van der Waals surface area contributed by atoms with E-state index in [9.17, 15) is 4.79 Å². The summed E-state index contributed by atoms with van der Waals surface area (Å²) >= 11 is 0. The molecule has 0 spiro atoms. The number of piperidine rings is 1. The molecule has 0 saturated carbocycles. The molecule has 1 aliphatic rings. The van der Waals surface area contributed by atoms with Crippen molar-refractivity contribution in [2.24, 2.45) is 0 Å². The molecule has 2 N–H and O–H groups in total. The summed E-state index contributed by atoms with van der Waals surface area (Å²) in [7, 11) is 0. The predicted molar refractivity (Wildman–Crippen MR) is 77.5 cm³/mol. The van der Waals surface area contributed by atoms with Crippen molar-refractivity contribution >= 4 is 17.5 Å². The number of nitrogens with one attached hydrogen (secondary N) is 2. The number of carbonyl (C=O) groups excluding carboxylic acids is 1. The van der Waals surface area contributed by atoms with Crippen molar-refractivity contribution in [3.8, 4) is 0 Å². The second-order valence-electron chi connectivity index (χ2n) is 4.58. The van der Waals surface area contributed by atoms with Crippen LogP contribution < -0.4 is 15.5 Å². The van der Waals surface area contributed by atoms with Crippen LogP contribution in [0.15, 0.2) is 31.0 Å². The van der Waals surface area contributed by atoms with Crippen molar-refractivity contribution in [1.29, 1.82) is 0 Å². The van der Waals surface area contributed by atoms with E-state index < -0.39 is 0 Å². The topological polar surface area (TPSA) is 57.3 Å². The van der Waals surface area contributed by atoms with Crippen molar-refractivity contribution in [3.05, 3.63) is 31.0 Å². The molecule has 0 radical (unpaired) electrons. The highest BCUT2D eigenvalue weighted by atomic mass is 16.2. The first kappa shape index (κ1) is 13.4. The van der Waals surface area contributed by atoms with Crippen LogP contribution in [0.3, 0.4) is 0 Å². The Morgan fingerprint density at radius 1 is 1.37 bits per heavy atom. The van der Waals surface area contributed by atoms with Crippen LogP contribution in [0.5, 0.6) is 0 Å². The summed E-state index contributed by atoms with van der Waals surface area (Å²) in [6.07, 6.45) is 7.09. The molecule has 0 bridgehead atoms. The van der Waals surface area contributed by atoms with Gasteiger partial charge in [-0.2, -0.15) is 0 Å². The van der Waals surface area contributed by atoms with E-state index in [1.165, 1.54) is 19.3 Å². The normalized spacial score (nSPS) is 14.8. The van der Waals surface area contributed by atoms with E-state index in [2.05, 4.69) is 27.1 Å². The Morgan fingerprint density at radius 3 is 2.79 bits per heavy atom. The summed E-state index contributed by atoms with van der Waals surface area (Å²) in [4.78, 5) is 18.1. The number of aromatic nitrogens is 1. The highest BCUT2D eigenvalue weighted by Crippen LogP contribution is 2.18. The van der Waals surface area contributed by atoms with Crippen LogP contribution in [0.1, 0.15) is 19.3 Å². The van der Waals surface area contributed by atoms with Gasteiger partial charge < -0.3 is 15.5 Å². The highest BCUT2D eigenvalue weighted by Gasteiger charge is 2.11. The van der Waals surface area contributed by atoms with Gasteiger partial charge in [0.15, 0.2) is 0 Å². The summed E-state index contributed by atoms with van der Waals surface area (Å²) in [5.41, 5.74) is 0.697. The third kappa shape index (κ3) is 3.98. The molecule has 1 saturated heterocycles. The Bertz CT molecular complexity index is 424. The van der Waals surface area contributed by atoms with E-state index in [4.69, 9.17) is 0 Å². The molecule has 1 aliphatic heterocycles. The molecule has 0 atom stereocenters. The van der Waals surface area contributed by atoms with E-state index in [-0.39, 0.29) is 6.03 Å². The lowest BCUT2D eigenvalue weighted by Gasteiger charge is -2.27. The standard InChI is InChI=1S/C14H20N4O/c1-2-8-15-14(19)17-12-6-7-13(16-11-12)18-9-4-3-5-10-18/h2,6-7,11H,1,3-5,8-10H2,(H2,15,17,19). The predicted octanol–water partition coefficient (Wildman–Crippen LogP) is 2.38.